The summed E-state index contributed by atoms with van der Waals surface area (Å²) in [6.07, 6.45) is 1.08. The van der Waals surface area contributed by atoms with Crippen molar-refractivity contribution in [3.63, 3.8) is 0 Å². The monoisotopic (exact) mass is 226 g/mol. The average molecular weight is 226 g/mol. The zero-order valence-electron chi connectivity index (χ0n) is 8.08. The van der Waals surface area contributed by atoms with Gasteiger partial charge in [0.15, 0.2) is 0 Å². The Balaban J connectivity index is 2.41. The van der Waals surface area contributed by atoms with Crippen LogP contribution in [-0.4, -0.2) is 14.7 Å². The number of imidazole rings is 1. The van der Waals surface area contributed by atoms with Crippen molar-refractivity contribution < 1.29 is 13.9 Å². The first-order valence-electron chi connectivity index (χ1n) is 4.49. The van der Waals surface area contributed by atoms with Crippen LogP contribution in [0, 0.1) is 11.6 Å². The molecular formula is C10H8F2N2O2. The number of aromatic amines is 1. The molecule has 0 fully saturated rings. The summed E-state index contributed by atoms with van der Waals surface area (Å²) < 4.78 is 27.5. The molecule has 0 aliphatic rings. The number of rotatable bonds is 2. The fourth-order valence-corrected chi connectivity index (χ4v) is 1.39. The smallest absolute Gasteiger partial charge is 0.328 e. The van der Waals surface area contributed by atoms with Crippen molar-refractivity contribution in [2.24, 2.45) is 0 Å². The van der Waals surface area contributed by atoms with Gasteiger partial charge in [-0.1, -0.05) is 6.07 Å². The zero-order valence-corrected chi connectivity index (χ0v) is 8.08. The number of benzene rings is 1. The summed E-state index contributed by atoms with van der Waals surface area (Å²) in [6, 6.07) is 3.46. The maximum atomic E-state index is 13.2. The van der Waals surface area contributed by atoms with Crippen molar-refractivity contribution >= 4 is 0 Å². The standard InChI is InChI=1S/C10H8F2N2O2/c11-7-2-1-3-8(12)6(7)4-14-5-9(15)13-10(14)16/h1-3,5,15H,4H2,(H,13,16). The average Bonchev–Trinajstić information content (AvgIpc) is 2.51. The molecule has 0 saturated heterocycles. The van der Waals surface area contributed by atoms with Crippen LogP contribution in [-0.2, 0) is 6.54 Å². The number of hydrogen-bond donors (Lipinski definition) is 2. The molecular weight excluding hydrogens is 218 g/mol. The van der Waals surface area contributed by atoms with E-state index in [1.165, 1.54) is 6.07 Å². The number of hydrogen-bond acceptors (Lipinski definition) is 2. The second-order valence-electron chi connectivity index (χ2n) is 3.27. The lowest BCUT2D eigenvalue weighted by molar-refractivity contribution is 0.455. The molecule has 1 aromatic heterocycles. The summed E-state index contributed by atoms with van der Waals surface area (Å²) in [5.74, 6) is -1.80. The van der Waals surface area contributed by atoms with Crippen molar-refractivity contribution in [1.29, 1.82) is 0 Å². The Bertz CT molecular complexity index is 554. The molecule has 16 heavy (non-hydrogen) atoms. The summed E-state index contributed by atoms with van der Waals surface area (Å²) >= 11 is 0. The Labute approximate surface area is 88.8 Å². The topological polar surface area (TPSA) is 58.0 Å². The van der Waals surface area contributed by atoms with E-state index in [2.05, 4.69) is 4.98 Å². The molecule has 0 spiro atoms. The van der Waals surface area contributed by atoms with Gasteiger partial charge in [-0.2, -0.15) is 0 Å². The van der Waals surface area contributed by atoms with Gasteiger partial charge in [0.1, 0.15) is 11.6 Å². The SMILES string of the molecule is O=c1[nH]c(O)cn1Cc1c(F)cccc1F. The van der Waals surface area contributed by atoms with Crippen LogP contribution < -0.4 is 5.69 Å². The normalized spacial score (nSPS) is 10.6. The van der Waals surface area contributed by atoms with Crippen molar-refractivity contribution in [2.45, 2.75) is 6.54 Å². The highest BCUT2D eigenvalue weighted by Gasteiger charge is 2.10. The van der Waals surface area contributed by atoms with Gasteiger partial charge in [-0.15, -0.1) is 0 Å². The quantitative estimate of drug-likeness (QED) is 0.808. The second-order valence-corrected chi connectivity index (χ2v) is 3.27. The first-order valence-corrected chi connectivity index (χ1v) is 4.49. The number of halogens is 2. The van der Waals surface area contributed by atoms with Gasteiger partial charge in [-0.3, -0.25) is 9.55 Å². The summed E-state index contributed by atoms with van der Waals surface area (Å²) in [5.41, 5.74) is -0.844. The van der Waals surface area contributed by atoms with Crippen LogP contribution in [0.15, 0.2) is 29.2 Å². The molecule has 1 aromatic carbocycles. The maximum absolute atomic E-state index is 13.2. The van der Waals surface area contributed by atoms with E-state index in [0.29, 0.717) is 0 Å². The first-order chi connectivity index (χ1) is 7.58. The van der Waals surface area contributed by atoms with Gasteiger partial charge in [0.2, 0.25) is 5.88 Å². The van der Waals surface area contributed by atoms with Gasteiger partial charge in [0.05, 0.1) is 12.7 Å². The van der Waals surface area contributed by atoms with Crippen LogP contribution in [0.25, 0.3) is 0 Å². The third-order valence-electron chi connectivity index (χ3n) is 2.16. The van der Waals surface area contributed by atoms with Gasteiger partial charge in [-0.05, 0) is 12.1 Å². The van der Waals surface area contributed by atoms with Crippen molar-refractivity contribution in [1.82, 2.24) is 9.55 Å². The lowest BCUT2D eigenvalue weighted by atomic mass is 10.2. The highest BCUT2D eigenvalue weighted by Crippen LogP contribution is 2.13. The molecule has 2 rings (SSSR count). The van der Waals surface area contributed by atoms with Crippen LogP contribution in [0.5, 0.6) is 5.88 Å². The molecule has 0 unspecified atom stereocenters. The number of nitrogens with one attached hydrogen (secondary N) is 1. The van der Waals surface area contributed by atoms with Crippen molar-refractivity contribution in [3.05, 3.63) is 52.1 Å². The van der Waals surface area contributed by atoms with Crippen molar-refractivity contribution in [2.75, 3.05) is 0 Å². The minimum absolute atomic E-state index is 0.219. The fraction of sp³-hybridized carbons (Fsp3) is 0.100. The second kappa shape index (κ2) is 3.80. The molecule has 84 valence electrons. The predicted octanol–water partition coefficient (Wildman–Crippen LogP) is 1.21. The molecule has 0 amide bonds. The molecule has 2 N–H and O–H groups in total. The third-order valence-corrected chi connectivity index (χ3v) is 2.16. The summed E-state index contributed by atoms with van der Waals surface area (Å²) in [5, 5.41) is 8.99. The largest absolute Gasteiger partial charge is 0.493 e. The molecule has 0 bridgehead atoms. The predicted molar refractivity (Wildman–Crippen MR) is 52.2 cm³/mol. The van der Waals surface area contributed by atoms with E-state index in [-0.39, 0.29) is 18.0 Å². The Kier molecular flexibility index (Phi) is 2.47. The van der Waals surface area contributed by atoms with Gasteiger partial charge < -0.3 is 5.11 Å². The van der Waals surface area contributed by atoms with Gasteiger partial charge in [0.25, 0.3) is 0 Å². The van der Waals surface area contributed by atoms with E-state index in [1.54, 1.807) is 0 Å². The summed E-state index contributed by atoms with van der Waals surface area (Å²) in [6.45, 7) is -0.269. The zero-order chi connectivity index (χ0) is 11.7. The van der Waals surface area contributed by atoms with Crippen LogP contribution in [0.4, 0.5) is 8.78 Å². The maximum Gasteiger partial charge on any atom is 0.328 e. The van der Waals surface area contributed by atoms with E-state index in [1.807, 2.05) is 0 Å². The molecule has 0 saturated carbocycles. The molecule has 4 nitrogen and oxygen atoms in total. The number of H-pyrrole nitrogens is 1. The lowest BCUT2D eigenvalue weighted by Crippen LogP contribution is -2.18. The number of aromatic hydroxyl groups is 1. The van der Waals surface area contributed by atoms with E-state index in [0.717, 1.165) is 22.9 Å². The van der Waals surface area contributed by atoms with Crippen LogP contribution in [0.3, 0.4) is 0 Å². The number of aromatic nitrogens is 2. The highest BCUT2D eigenvalue weighted by molar-refractivity contribution is 5.20. The Morgan fingerprint density at radius 1 is 1.31 bits per heavy atom. The van der Waals surface area contributed by atoms with Crippen LogP contribution in [0.2, 0.25) is 0 Å². The third kappa shape index (κ3) is 1.81. The van der Waals surface area contributed by atoms with Crippen LogP contribution in [0.1, 0.15) is 5.56 Å². The highest BCUT2D eigenvalue weighted by atomic mass is 19.1. The Morgan fingerprint density at radius 2 is 1.94 bits per heavy atom. The van der Waals surface area contributed by atoms with Crippen molar-refractivity contribution in [3.8, 4) is 5.88 Å². The first kappa shape index (κ1) is 10.4. The van der Waals surface area contributed by atoms with Gasteiger partial charge >= 0.3 is 5.69 Å². The molecule has 0 atom stereocenters. The Morgan fingerprint density at radius 3 is 2.44 bits per heavy atom. The lowest BCUT2D eigenvalue weighted by Gasteiger charge is -2.04. The van der Waals surface area contributed by atoms with E-state index < -0.39 is 17.3 Å². The van der Waals surface area contributed by atoms with Gasteiger partial charge in [-0.25, -0.2) is 13.6 Å². The molecule has 2 aromatic rings. The molecule has 0 aliphatic carbocycles. The van der Waals surface area contributed by atoms with E-state index in [4.69, 9.17) is 5.11 Å². The minimum atomic E-state index is -0.729. The fourth-order valence-electron chi connectivity index (χ4n) is 1.39. The molecule has 6 heteroatoms. The van der Waals surface area contributed by atoms with E-state index >= 15 is 0 Å². The minimum Gasteiger partial charge on any atom is -0.493 e. The number of nitrogens with zero attached hydrogens (tertiary/aromatic N) is 1. The molecule has 0 radical (unpaired) electrons. The van der Waals surface area contributed by atoms with Gasteiger partial charge in [0, 0.05) is 5.56 Å². The molecule has 0 aliphatic heterocycles. The van der Waals surface area contributed by atoms with E-state index in [9.17, 15) is 13.6 Å². The summed E-state index contributed by atoms with van der Waals surface area (Å²) in [4.78, 5) is 13.3. The molecule has 1 heterocycles. The Hall–Kier alpha value is -2.11. The summed E-state index contributed by atoms with van der Waals surface area (Å²) in [7, 11) is 0. The van der Waals surface area contributed by atoms with Crippen LogP contribution >= 0.6 is 0 Å².